The van der Waals surface area contributed by atoms with E-state index in [-0.39, 0.29) is 18.6 Å². The number of methoxy groups -OCH3 is 1. The monoisotopic (exact) mass is 132 g/mol. The molecule has 0 saturated carbocycles. The lowest BCUT2D eigenvalue weighted by Crippen LogP contribution is -2.41. The van der Waals surface area contributed by atoms with Gasteiger partial charge in [0.15, 0.2) is 0 Å². The Morgan fingerprint density at radius 1 is 1.89 bits per heavy atom. The fraction of sp³-hybridized carbons (Fsp3) is 0.800. The zero-order valence-corrected chi connectivity index (χ0v) is 5.68. The number of ether oxygens (including phenoxy) is 1. The number of hydrogen-bond donors (Lipinski definition) is 2. The van der Waals surface area contributed by atoms with Gasteiger partial charge < -0.3 is 15.8 Å². The van der Waals surface area contributed by atoms with Crippen molar-refractivity contribution in [1.82, 2.24) is 5.32 Å². The summed E-state index contributed by atoms with van der Waals surface area (Å²) in [5.74, 6) is -0.319. The molecule has 0 amide bonds. The van der Waals surface area contributed by atoms with Crippen LogP contribution in [0.15, 0.2) is 0 Å². The van der Waals surface area contributed by atoms with Crippen LogP contribution in [0.25, 0.3) is 0 Å². The molecule has 0 aliphatic heterocycles. The van der Waals surface area contributed by atoms with Crippen molar-refractivity contribution in [2.75, 3.05) is 20.7 Å². The molecule has 0 rings (SSSR count). The number of rotatable bonds is 3. The van der Waals surface area contributed by atoms with Crippen molar-refractivity contribution < 1.29 is 9.53 Å². The summed E-state index contributed by atoms with van der Waals surface area (Å²) in [6.07, 6.45) is 0. The quantitative estimate of drug-likeness (QED) is 0.469. The Morgan fingerprint density at radius 2 is 2.44 bits per heavy atom. The van der Waals surface area contributed by atoms with Gasteiger partial charge in [0.05, 0.1) is 7.11 Å². The molecule has 1 atom stereocenters. The molecule has 4 heteroatoms. The van der Waals surface area contributed by atoms with Crippen LogP contribution in [-0.2, 0) is 9.53 Å². The highest BCUT2D eigenvalue weighted by molar-refractivity contribution is 5.75. The van der Waals surface area contributed by atoms with Gasteiger partial charge in [0, 0.05) is 6.54 Å². The summed E-state index contributed by atoms with van der Waals surface area (Å²) in [5.41, 5.74) is 5.20. The minimum Gasteiger partial charge on any atom is -0.468 e. The molecule has 3 N–H and O–H groups in total. The van der Waals surface area contributed by atoms with Gasteiger partial charge in [-0.25, -0.2) is 0 Å². The van der Waals surface area contributed by atoms with Crippen molar-refractivity contribution in [2.24, 2.45) is 5.73 Å². The molecule has 0 aliphatic carbocycles. The first-order chi connectivity index (χ1) is 4.26. The predicted molar refractivity (Wildman–Crippen MR) is 33.9 cm³/mol. The molecule has 0 aromatic heterocycles. The van der Waals surface area contributed by atoms with Crippen LogP contribution < -0.4 is 11.1 Å². The summed E-state index contributed by atoms with van der Waals surface area (Å²) in [4.78, 5) is 10.6. The summed E-state index contributed by atoms with van der Waals surface area (Å²) >= 11 is 0. The van der Waals surface area contributed by atoms with Crippen LogP contribution in [-0.4, -0.2) is 32.7 Å². The number of carbonyl (C=O) groups is 1. The number of nitrogens with two attached hydrogens (primary N) is 1. The molecule has 0 aromatic rings. The van der Waals surface area contributed by atoms with E-state index in [9.17, 15) is 4.79 Å². The third kappa shape index (κ3) is 2.43. The summed E-state index contributed by atoms with van der Waals surface area (Å²) in [6, 6.07) is -0.366. The highest BCUT2D eigenvalue weighted by atomic mass is 16.5. The fourth-order valence-electron chi connectivity index (χ4n) is 0.474. The fourth-order valence-corrected chi connectivity index (χ4v) is 0.474. The van der Waals surface area contributed by atoms with Crippen molar-refractivity contribution >= 4 is 5.97 Å². The van der Waals surface area contributed by atoms with Gasteiger partial charge in [0.25, 0.3) is 0 Å². The summed E-state index contributed by atoms with van der Waals surface area (Å²) < 4.78 is 4.41. The molecule has 0 fully saturated rings. The molecule has 9 heavy (non-hydrogen) atoms. The normalized spacial score (nSPS) is 12.8. The van der Waals surface area contributed by atoms with E-state index >= 15 is 0 Å². The Bertz CT molecular complexity index is 91.0. The largest absolute Gasteiger partial charge is 0.468 e. The molecule has 0 radical (unpaired) electrons. The van der Waals surface area contributed by atoms with Gasteiger partial charge in [-0.05, 0) is 7.05 Å². The zero-order chi connectivity index (χ0) is 7.28. The molecular formula is C5H12N2O2. The molecule has 1 unspecified atom stereocenters. The molecule has 0 heterocycles. The average Bonchev–Trinajstić information content (AvgIpc) is 1.90. The molecule has 0 bridgehead atoms. The van der Waals surface area contributed by atoms with E-state index in [1.54, 1.807) is 7.05 Å². The number of hydrogen-bond acceptors (Lipinski definition) is 4. The Morgan fingerprint density at radius 3 is 2.56 bits per heavy atom. The second-order valence-corrected chi connectivity index (χ2v) is 1.60. The highest BCUT2D eigenvalue weighted by Gasteiger charge is 2.12. The van der Waals surface area contributed by atoms with Crippen molar-refractivity contribution in [2.45, 2.75) is 6.04 Å². The van der Waals surface area contributed by atoms with E-state index in [1.165, 1.54) is 7.11 Å². The molecule has 0 saturated heterocycles. The lowest BCUT2D eigenvalue weighted by Gasteiger charge is -2.09. The van der Waals surface area contributed by atoms with Gasteiger partial charge in [-0.1, -0.05) is 0 Å². The lowest BCUT2D eigenvalue weighted by molar-refractivity contribution is -0.142. The molecule has 0 aliphatic rings. The van der Waals surface area contributed by atoms with Gasteiger partial charge in [-0.3, -0.25) is 4.79 Å². The Hall–Kier alpha value is -0.610. The van der Waals surface area contributed by atoms with Crippen LogP contribution in [0.1, 0.15) is 0 Å². The van der Waals surface area contributed by atoms with Crippen LogP contribution in [0.5, 0.6) is 0 Å². The Balaban J connectivity index is 3.64. The maximum absolute atomic E-state index is 10.6. The molecular weight excluding hydrogens is 120 g/mol. The van der Waals surface area contributed by atoms with Crippen LogP contribution >= 0.6 is 0 Å². The third-order valence-corrected chi connectivity index (χ3v) is 1.07. The minimum absolute atomic E-state index is 0.267. The summed E-state index contributed by atoms with van der Waals surface area (Å²) in [6.45, 7) is 0.267. The lowest BCUT2D eigenvalue weighted by atomic mass is 10.3. The first kappa shape index (κ1) is 8.39. The van der Waals surface area contributed by atoms with Crippen LogP contribution in [0.3, 0.4) is 0 Å². The van der Waals surface area contributed by atoms with Gasteiger partial charge in [-0.2, -0.15) is 0 Å². The van der Waals surface area contributed by atoms with Gasteiger partial charge in [0.1, 0.15) is 6.04 Å². The van der Waals surface area contributed by atoms with Gasteiger partial charge >= 0.3 is 5.97 Å². The van der Waals surface area contributed by atoms with E-state index < -0.39 is 0 Å². The van der Waals surface area contributed by atoms with Crippen molar-refractivity contribution in [3.63, 3.8) is 0 Å². The van der Waals surface area contributed by atoms with Crippen molar-refractivity contribution in [3.05, 3.63) is 0 Å². The van der Waals surface area contributed by atoms with E-state index in [2.05, 4.69) is 10.1 Å². The smallest absolute Gasteiger partial charge is 0.324 e. The maximum Gasteiger partial charge on any atom is 0.324 e. The minimum atomic E-state index is -0.366. The van der Waals surface area contributed by atoms with Crippen molar-refractivity contribution in [3.8, 4) is 0 Å². The molecule has 54 valence electrons. The molecule has 4 nitrogen and oxygen atoms in total. The molecule has 0 spiro atoms. The zero-order valence-electron chi connectivity index (χ0n) is 5.68. The Kier molecular flexibility index (Phi) is 4.00. The highest BCUT2D eigenvalue weighted by Crippen LogP contribution is 1.81. The second kappa shape index (κ2) is 4.29. The van der Waals surface area contributed by atoms with Crippen LogP contribution in [0.2, 0.25) is 0 Å². The number of esters is 1. The number of nitrogens with one attached hydrogen (secondary N) is 1. The van der Waals surface area contributed by atoms with Crippen LogP contribution in [0, 0.1) is 0 Å². The van der Waals surface area contributed by atoms with Crippen molar-refractivity contribution in [1.29, 1.82) is 0 Å². The van der Waals surface area contributed by atoms with E-state index in [1.807, 2.05) is 0 Å². The topological polar surface area (TPSA) is 64.3 Å². The molecule has 0 aromatic carbocycles. The van der Waals surface area contributed by atoms with Gasteiger partial charge in [-0.15, -0.1) is 0 Å². The number of likely N-dealkylation sites (N-methyl/N-ethyl adjacent to an activating group) is 1. The summed E-state index contributed by atoms with van der Waals surface area (Å²) in [7, 11) is 3.00. The average molecular weight is 132 g/mol. The van der Waals surface area contributed by atoms with E-state index in [0.29, 0.717) is 0 Å². The number of carbonyl (C=O) groups excluding carboxylic acids is 1. The Labute approximate surface area is 54.4 Å². The third-order valence-electron chi connectivity index (χ3n) is 1.07. The first-order valence-corrected chi connectivity index (χ1v) is 2.71. The standard InChI is InChI=1S/C5H12N2O2/c1-7-4(3-6)5(8)9-2/h4,7H,3,6H2,1-2H3. The summed E-state index contributed by atoms with van der Waals surface area (Å²) in [5, 5.41) is 2.70. The maximum atomic E-state index is 10.6. The van der Waals surface area contributed by atoms with Crippen LogP contribution in [0.4, 0.5) is 0 Å². The van der Waals surface area contributed by atoms with Gasteiger partial charge in [0.2, 0.25) is 0 Å². The van der Waals surface area contributed by atoms with E-state index in [0.717, 1.165) is 0 Å². The second-order valence-electron chi connectivity index (χ2n) is 1.60. The predicted octanol–water partition coefficient (Wildman–Crippen LogP) is -1.29. The SMILES string of the molecule is CNC(CN)C(=O)OC. The first-order valence-electron chi connectivity index (χ1n) is 2.71. The van der Waals surface area contributed by atoms with E-state index in [4.69, 9.17) is 5.73 Å².